The number of hydrogen-bond donors (Lipinski definition) is 1. The molecular formula is C15H12BrN3O. The Hall–Kier alpha value is -2.14. The molecule has 1 aromatic carbocycles. The van der Waals surface area contributed by atoms with E-state index in [9.17, 15) is 4.79 Å². The Bertz CT molecular complexity index is 789. The third-order valence-corrected chi connectivity index (χ3v) is 3.53. The van der Waals surface area contributed by atoms with Gasteiger partial charge in [-0.2, -0.15) is 0 Å². The minimum absolute atomic E-state index is 0.144. The summed E-state index contributed by atoms with van der Waals surface area (Å²) in [6.45, 7) is 0. The fourth-order valence-corrected chi connectivity index (χ4v) is 2.67. The first-order valence-electron chi connectivity index (χ1n) is 6.12. The van der Waals surface area contributed by atoms with E-state index in [1.165, 1.54) is 0 Å². The fraction of sp³-hybridized carbons (Fsp3) is 0.0667. The molecule has 2 heterocycles. The Morgan fingerprint density at radius 1 is 1.30 bits per heavy atom. The van der Waals surface area contributed by atoms with Gasteiger partial charge < -0.3 is 9.88 Å². The van der Waals surface area contributed by atoms with Crippen LogP contribution in [-0.2, 0) is 7.05 Å². The van der Waals surface area contributed by atoms with Crippen LogP contribution >= 0.6 is 15.9 Å². The van der Waals surface area contributed by atoms with Crippen LogP contribution in [0.15, 0.2) is 53.3 Å². The van der Waals surface area contributed by atoms with Gasteiger partial charge >= 0.3 is 0 Å². The van der Waals surface area contributed by atoms with E-state index in [0.717, 1.165) is 21.1 Å². The van der Waals surface area contributed by atoms with Crippen LogP contribution in [0.25, 0.3) is 10.9 Å². The minimum Gasteiger partial charge on any atom is -0.345 e. The number of pyridine rings is 1. The number of rotatable bonds is 2. The van der Waals surface area contributed by atoms with Crippen molar-refractivity contribution < 1.29 is 4.79 Å². The van der Waals surface area contributed by atoms with Crippen molar-refractivity contribution in [2.75, 3.05) is 5.32 Å². The third-order valence-electron chi connectivity index (χ3n) is 3.10. The molecule has 5 heteroatoms. The van der Waals surface area contributed by atoms with E-state index in [1.54, 1.807) is 16.8 Å². The molecule has 4 nitrogen and oxygen atoms in total. The summed E-state index contributed by atoms with van der Waals surface area (Å²) in [6.07, 6.45) is 3.59. The van der Waals surface area contributed by atoms with Gasteiger partial charge in [-0.3, -0.25) is 9.78 Å². The van der Waals surface area contributed by atoms with Crippen molar-refractivity contribution in [1.82, 2.24) is 9.55 Å². The smallest absolute Gasteiger partial charge is 0.272 e. The van der Waals surface area contributed by atoms with E-state index < -0.39 is 0 Å². The molecule has 1 amide bonds. The number of halogens is 1. The molecule has 0 aliphatic heterocycles. The zero-order valence-corrected chi connectivity index (χ0v) is 12.4. The Morgan fingerprint density at radius 2 is 2.15 bits per heavy atom. The normalized spacial score (nSPS) is 10.7. The first-order valence-corrected chi connectivity index (χ1v) is 6.91. The second kappa shape index (κ2) is 5.09. The van der Waals surface area contributed by atoms with Crippen LogP contribution in [0.1, 0.15) is 10.5 Å². The van der Waals surface area contributed by atoms with Crippen LogP contribution in [0.5, 0.6) is 0 Å². The summed E-state index contributed by atoms with van der Waals surface area (Å²) < 4.78 is 2.66. The van der Waals surface area contributed by atoms with E-state index in [-0.39, 0.29) is 5.91 Å². The molecule has 0 bridgehead atoms. The Labute approximate surface area is 124 Å². The lowest BCUT2D eigenvalue weighted by Gasteiger charge is -2.08. The van der Waals surface area contributed by atoms with E-state index in [2.05, 4.69) is 26.2 Å². The SMILES string of the molecule is Cn1cc(Br)cc1C(=O)Nc1cccc2ncccc12. The zero-order valence-electron chi connectivity index (χ0n) is 10.8. The molecule has 0 unspecified atom stereocenters. The van der Waals surface area contributed by atoms with Crippen molar-refractivity contribution in [3.63, 3.8) is 0 Å². The monoisotopic (exact) mass is 329 g/mol. The number of carbonyl (C=O) groups excluding carboxylic acids is 1. The molecule has 0 aliphatic rings. The zero-order chi connectivity index (χ0) is 14.1. The van der Waals surface area contributed by atoms with Gasteiger partial charge in [0, 0.05) is 29.3 Å². The molecule has 100 valence electrons. The summed E-state index contributed by atoms with van der Waals surface area (Å²) >= 11 is 3.37. The highest BCUT2D eigenvalue weighted by atomic mass is 79.9. The molecule has 0 aliphatic carbocycles. The second-order valence-corrected chi connectivity index (χ2v) is 5.40. The van der Waals surface area contributed by atoms with Crippen LogP contribution in [0.3, 0.4) is 0 Å². The molecule has 0 saturated heterocycles. The molecule has 20 heavy (non-hydrogen) atoms. The number of fused-ring (bicyclic) bond motifs is 1. The van der Waals surface area contributed by atoms with Gasteiger partial charge in [0.25, 0.3) is 5.91 Å². The summed E-state index contributed by atoms with van der Waals surface area (Å²) in [5.41, 5.74) is 2.22. The molecule has 0 fully saturated rings. The Kier molecular flexibility index (Phi) is 3.28. The van der Waals surface area contributed by atoms with Gasteiger partial charge in [-0.25, -0.2) is 0 Å². The summed E-state index contributed by atoms with van der Waals surface area (Å²) in [4.78, 5) is 16.6. The lowest BCUT2D eigenvalue weighted by molar-refractivity contribution is 0.101. The van der Waals surface area contributed by atoms with Crippen molar-refractivity contribution in [2.45, 2.75) is 0 Å². The van der Waals surface area contributed by atoms with Crippen LogP contribution in [0.4, 0.5) is 5.69 Å². The number of nitrogens with one attached hydrogen (secondary N) is 1. The highest BCUT2D eigenvalue weighted by molar-refractivity contribution is 9.10. The van der Waals surface area contributed by atoms with E-state index in [4.69, 9.17) is 0 Å². The highest BCUT2D eigenvalue weighted by Crippen LogP contribution is 2.22. The van der Waals surface area contributed by atoms with Gasteiger partial charge in [0.1, 0.15) is 5.69 Å². The van der Waals surface area contributed by atoms with Crippen LogP contribution < -0.4 is 5.32 Å². The van der Waals surface area contributed by atoms with E-state index >= 15 is 0 Å². The number of aromatic nitrogens is 2. The standard InChI is InChI=1S/C15H12BrN3O/c1-19-9-10(16)8-14(19)15(20)18-13-6-2-5-12-11(13)4-3-7-17-12/h2-9H,1H3,(H,18,20). The summed E-state index contributed by atoms with van der Waals surface area (Å²) in [5, 5.41) is 3.86. The van der Waals surface area contributed by atoms with Gasteiger partial charge in [-0.1, -0.05) is 6.07 Å². The average Bonchev–Trinajstić information content (AvgIpc) is 2.78. The topological polar surface area (TPSA) is 46.9 Å². The average molecular weight is 330 g/mol. The minimum atomic E-state index is -0.144. The first-order chi connectivity index (χ1) is 9.65. The van der Waals surface area contributed by atoms with Gasteiger partial charge in [-0.15, -0.1) is 0 Å². The van der Waals surface area contributed by atoms with Crippen molar-refractivity contribution in [2.24, 2.45) is 7.05 Å². The van der Waals surface area contributed by atoms with Crippen LogP contribution in [-0.4, -0.2) is 15.5 Å². The summed E-state index contributed by atoms with van der Waals surface area (Å²) in [7, 11) is 1.84. The summed E-state index contributed by atoms with van der Waals surface area (Å²) in [5.74, 6) is -0.144. The maximum absolute atomic E-state index is 12.3. The number of anilines is 1. The molecule has 0 radical (unpaired) electrons. The van der Waals surface area contributed by atoms with Crippen LogP contribution in [0, 0.1) is 0 Å². The largest absolute Gasteiger partial charge is 0.345 e. The van der Waals surface area contributed by atoms with E-state index in [1.807, 2.05) is 43.6 Å². The van der Waals surface area contributed by atoms with Crippen LogP contribution in [0.2, 0.25) is 0 Å². The molecular weight excluding hydrogens is 318 g/mol. The lowest BCUT2D eigenvalue weighted by Crippen LogP contribution is -2.15. The van der Waals surface area contributed by atoms with Gasteiger partial charge in [0.2, 0.25) is 0 Å². The number of carbonyl (C=O) groups is 1. The third kappa shape index (κ3) is 2.32. The Morgan fingerprint density at radius 3 is 2.90 bits per heavy atom. The van der Waals surface area contributed by atoms with Crippen molar-refractivity contribution in [1.29, 1.82) is 0 Å². The fourth-order valence-electron chi connectivity index (χ4n) is 2.15. The number of aryl methyl sites for hydroxylation is 1. The van der Waals surface area contributed by atoms with Crippen molar-refractivity contribution in [3.8, 4) is 0 Å². The van der Waals surface area contributed by atoms with E-state index in [0.29, 0.717) is 5.69 Å². The predicted molar refractivity (Wildman–Crippen MR) is 82.8 cm³/mol. The molecule has 2 aromatic heterocycles. The number of hydrogen-bond acceptors (Lipinski definition) is 2. The maximum Gasteiger partial charge on any atom is 0.272 e. The molecule has 0 atom stereocenters. The van der Waals surface area contributed by atoms with Gasteiger partial charge in [0.15, 0.2) is 0 Å². The highest BCUT2D eigenvalue weighted by Gasteiger charge is 2.12. The maximum atomic E-state index is 12.3. The first kappa shape index (κ1) is 12.9. The van der Waals surface area contributed by atoms with Crippen molar-refractivity contribution >= 4 is 38.4 Å². The molecule has 0 saturated carbocycles. The predicted octanol–water partition coefficient (Wildman–Crippen LogP) is 3.59. The molecule has 3 rings (SSSR count). The molecule has 0 spiro atoms. The van der Waals surface area contributed by atoms with Crippen molar-refractivity contribution in [3.05, 3.63) is 59.0 Å². The summed E-state index contributed by atoms with van der Waals surface area (Å²) in [6, 6.07) is 11.3. The van der Waals surface area contributed by atoms with Gasteiger partial charge in [0.05, 0.1) is 11.2 Å². The second-order valence-electron chi connectivity index (χ2n) is 4.48. The Balaban J connectivity index is 1.97. The quantitative estimate of drug-likeness (QED) is 0.781. The number of benzene rings is 1. The van der Waals surface area contributed by atoms with Gasteiger partial charge in [-0.05, 0) is 46.3 Å². The molecule has 3 aromatic rings. The lowest BCUT2D eigenvalue weighted by atomic mass is 10.2. The molecule has 1 N–H and O–H groups in total. The number of amides is 1. The number of nitrogens with zero attached hydrogens (tertiary/aromatic N) is 2.